The molecule has 20 heavy (non-hydrogen) atoms. The molecule has 0 bridgehead atoms. The van der Waals surface area contributed by atoms with Crippen LogP contribution in [0, 0.1) is 11.7 Å². The monoisotopic (exact) mass is 281 g/mol. The van der Waals surface area contributed by atoms with Gasteiger partial charge in [0, 0.05) is 17.7 Å². The molecule has 0 aromatic heterocycles. The van der Waals surface area contributed by atoms with Crippen molar-refractivity contribution in [2.24, 2.45) is 5.92 Å². The van der Waals surface area contributed by atoms with Crippen LogP contribution in [0.2, 0.25) is 0 Å². The largest absolute Gasteiger partial charge is 0.497 e. The van der Waals surface area contributed by atoms with E-state index < -0.39 is 0 Å². The Morgan fingerprint density at radius 3 is 2.50 bits per heavy atom. The Morgan fingerprint density at radius 2 is 2.00 bits per heavy atom. The van der Waals surface area contributed by atoms with E-state index in [1.807, 2.05) is 12.1 Å². The molecule has 0 heterocycles. The highest BCUT2D eigenvalue weighted by molar-refractivity contribution is 5.31. The van der Waals surface area contributed by atoms with Crippen LogP contribution >= 0.6 is 0 Å². The van der Waals surface area contributed by atoms with Crippen molar-refractivity contribution < 1.29 is 9.13 Å². The zero-order valence-electron chi connectivity index (χ0n) is 13.2. The minimum absolute atomic E-state index is 0.0856. The Kier molecular flexibility index (Phi) is 7.60. The fourth-order valence-electron chi connectivity index (χ4n) is 2.71. The molecular weight excluding hydrogens is 253 g/mol. The third kappa shape index (κ3) is 4.48. The summed E-state index contributed by atoms with van der Waals surface area (Å²) in [6, 6.07) is 5.26. The molecule has 1 aromatic carbocycles. The van der Waals surface area contributed by atoms with Gasteiger partial charge in [-0.2, -0.15) is 0 Å². The lowest BCUT2D eigenvalue weighted by atomic mass is 9.86. The highest BCUT2D eigenvalue weighted by Crippen LogP contribution is 2.32. The van der Waals surface area contributed by atoms with Crippen molar-refractivity contribution in [3.05, 3.63) is 29.6 Å². The summed E-state index contributed by atoms with van der Waals surface area (Å²) in [5, 5.41) is 3.46. The number of hydrogen-bond acceptors (Lipinski definition) is 2. The summed E-state index contributed by atoms with van der Waals surface area (Å²) in [4.78, 5) is 0. The first-order chi connectivity index (χ1) is 9.67. The molecule has 0 radical (unpaired) electrons. The first kappa shape index (κ1) is 17.0. The van der Waals surface area contributed by atoms with Crippen molar-refractivity contribution in [2.45, 2.75) is 52.5 Å². The standard InChI is InChI=1S/C17H28FNO/c1-5-8-9-13(6-2)17(19-7-3)15-11-10-14(20-4)12-16(15)18/h10-13,17,19H,5-9H2,1-4H3. The zero-order valence-corrected chi connectivity index (χ0v) is 13.2. The quantitative estimate of drug-likeness (QED) is 0.708. The molecule has 2 unspecified atom stereocenters. The summed E-state index contributed by atoms with van der Waals surface area (Å²) in [7, 11) is 1.56. The summed E-state index contributed by atoms with van der Waals surface area (Å²) in [5.41, 5.74) is 0.760. The van der Waals surface area contributed by atoms with Crippen molar-refractivity contribution >= 4 is 0 Å². The molecule has 0 aliphatic heterocycles. The van der Waals surface area contributed by atoms with E-state index in [9.17, 15) is 4.39 Å². The number of methoxy groups -OCH3 is 1. The first-order valence-electron chi connectivity index (χ1n) is 7.74. The van der Waals surface area contributed by atoms with E-state index in [0.29, 0.717) is 11.7 Å². The maximum Gasteiger partial charge on any atom is 0.131 e. The Hall–Kier alpha value is -1.09. The number of rotatable bonds is 9. The highest BCUT2D eigenvalue weighted by atomic mass is 19.1. The van der Waals surface area contributed by atoms with E-state index in [0.717, 1.165) is 24.9 Å². The molecule has 0 aliphatic rings. The summed E-state index contributed by atoms with van der Waals surface area (Å²) >= 11 is 0. The molecule has 0 fully saturated rings. The zero-order chi connectivity index (χ0) is 15.0. The second kappa shape index (κ2) is 8.96. The molecule has 1 rings (SSSR count). The van der Waals surface area contributed by atoms with Gasteiger partial charge in [-0.25, -0.2) is 4.39 Å². The minimum atomic E-state index is -0.176. The lowest BCUT2D eigenvalue weighted by molar-refractivity contribution is 0.319. The molecule has 0 aliphatic carbocycles. The molecule has 0 saturated carbocycles. The third-order valence-corrected chi connectivity index (χ3v) is 3.89. The summed E-state index contributed by atoms with van der Waals surface area (Å²) < 4.78 is 19.4. The minimum Gasteiger partial charge on any atom is -0.497 e. The molecule has 0 amide bonds. The summed E-state index contributed by atoms with van der Waals surface area (Å²) in [6.45, 7) is 7.30. The van der Waals surface area contributed by atoms with Gasteiger partial charge in [0.1, 0.15) is 11.6 Å². The predicted octanol–water partition coefficient (Wildman–Crippen LogP) is 4.70. The molecule has 2 nitrogen and oxygen atoms in total. The lowest BCUT2D eigenvalue weighted by Crippen LogP contribution is -2.29. The third-order valence-electron chi connectivity index (χ3n) is 3.89. The normalized spacial score (nSPS) is 14.1. The van der Waals surface area contributed by atoms with Crippen molar-refractivity contribution in [1.29, 1.82) is 0 Å². The second-order valence-corrected chi connectivity index (χ2v) is 5.23. The Balaban J connectivity index is 2.98. The Morgan fingerprint density at radius 1 is 1.25 bits per heavy atom. The highest BCUT2D eigenvalue weighted by Gasteiger charge is 2.23. The van der Waals surface area contributed by atoms with E-state index in [4.69, 9.17) is 4.74 Å². The molecule has 3 heteroatoms. The average Bonchev–Trinajstić information content (AvgIpc) is 2.47. The van der Waals surface area contributed by atoms with Gasteiger partial charge in [-0.3, -0.25) is 0 Å². The molecule has 0 spiro atoms. The molecule has 1 N–H and O–H groups in total. The van der Waals surface area contributed by atoms with E-state index in [1.54, 1.807) is 7.11 Å². The lowest BCUT2D eigenvalue weighted by Gasteiger charge is -2.28. The van der Waals surface area contributed by atoms with Crippen molar-refractivity contribution in [2.75, 3.05) is 13.7 Å². The van der Waals surface area contributed by atoms with Crippen LogP contribution in [0.5, 0.6) is 5.75 Å². The van der Waals surface area contributed by atoms with Gasteiger partial charge in [0.2, 0.25) is 0 Å². The van der Waals surface area contributed by atoms with Crippen molar-refractivity contribution in [1.82, 2.24) is 5.32 Å². The number of halogens is 1. The van der Waals surface area contributed by atoms with E-state index in [-0.39, 0.29) is 11.9 Å². The predicted molar refractivity (Wildman–Crippen MR) is 82.7 cm³/mol. The smallest absolute Gasteiger partial charge is 0.131 e. The Labute approximate surface area is 122 Å². The maximum absolute atomic E-state index is 14.3. The van der Waals surface area contributed by atoms with Crippen LogP contribution in [0.25, 0.3) is 0 Å². The van der Waals surface area contributed by atoms with E-state index in [2.05, 4.69) is 26.1 Å². The number of ether oxygens (including phenoxy) is 1. The summed E-state index contributed by atoms with van der Waals surface area (Å²) in [5.74, 6) is 0.867. The van der Waals surface area contributed by atoms with Gasteiger partial charge >= 0.3 is 0 Å². The van der Waals surface area contributed by atoms with Gasteiger partial charge in [-0.05, 0) is 24.9 Å². The second-order valence-electron chi connectivity index (χ2n) is 5.23. The van der Waals surface area contributed by atoms with Gasteiger partial charge in [-0.1, -0.05) is 46.1 Å². The van der Waals surface area contributed by atoms with Gasteiger partial charge < -0.3 is 10.1 Å². The molecular formula is C17H28FNO. The SMILES string of the molecule is CCCCC(CC)C(NCC)c1ccc(OC)cc1F. The van der Waals surface area contributed by atoms with Crippen LogP contribution in [0.4, 0.5) is 4.39 Å². The summed E-state index contributed by atoms with van der Waals surface area (Å²) in [6.07, 6.45) is 4.57. The molecule has 0 saturated heterocycles. The number of benzene rings is 1. The molecule has 114 valence electrons. The van der Waals surface area contributed by atoms with Crippen LogP contribution in [0.1, 0.15) is 58.1 Å². The number of nitrogens with one attached hydrogen (secondary N) is 1. The average molecular weight is 281 g/mol. The van der Waals surface area contributed by atoms with Crippen molar-refractivity contribution in [3.8, 4) is 5.75 Å². The van der Waals surface area contributed by atoms with Crippen LogP contribution in [0.3, 0.4) is 0 Å². The van der Waals surface area contributed by atoms with Gasteiger partial charge in [0.15, 0.2) is 0 Å². The van der Waals surface area contributed by atoms with Crippen LogP contribution in [-0.4, -0.2) is 13.7 Å². The fraction of sp³-hybridized carbons (Fsp3) is 0.647. The van der Waals surface area contributed by atoms with Crippen molar-refractivity contribution in [3.63, 3.8) is 0 Å². The van der Waals surface area contributed by atoms with Gasteiger partial charge in [-0.15, -0.1) is 0 Å². The number of hydrogen-bond donors (Lipinski definition) is 1. The number of unbranched alkanes of at least 4 members (excludes halogenated alkanes) is 1. The van der Waals surface area contributed by atoms with Gasteiger partial charge in [0.25, 0.3) is 0 Å². The first-order valence-corrected chi connectivity index (χ1v) is 7.74. The van der Waals surface area contributed by atoms with E-state index >= 15 is 0 Å². The van der Waals surface area contributed by atoms with Crippen LogP contribution in [0.15, 0.2) is 18.2 Å². The topological polar surface area (TPSA) is 21.3 Å². The van der Waals surface area contributed by atoms with E-state index in [1.165, 1.54) is 18.9 Å². The maximum atomic E-state index is 14.3. The fourth-order valence-corrected chi connectivity index (χ4v) is 2.71. The molecule has 2 atom stereocenters. The Bertz CT molecular complexity index is 395. The van der Waals surface area contributed by atoms with Crippen LogP contribution < -0.4 is 10.1 Å². The molecule has 1 aromatic rings. The van der Waals surface area contributed by atoms with Crippen LogP contribution in [-0.2, 0) is 0 Å². The van der Waals surface area contributed by atoms with Gasteiger partial charge in [0.05, 0.1) is 7.11 Å².